The van der Waals surface area contributed by atoms with Crippen molar-refractivity contribution >= 4 is 21.6 Å². The average molecular weight is 453 g/mol. The van der Waals surface area contributed by atoms with Crippen LogP contribution in [-0.2, 0) is 10.0 Å². The summed E-state index contributed by atoms with van der Waals surface area (Å²) in [5.41, 5.74) is 1.12. The minimum Gasteiger partial charge on any atom is -0.489 e. The van der Waals surface area contributed by atoms with Crippen molar-refractivity contribution in [2.75, 3.05) is 39.3 Å². The SMILES string of the molecule is CC(C)c1ccc(S(=O)(=O)N2CCN(CC(O)COc3ccccc3Cl)CC2)cc1. The number of sulfonamides is 1. The molecular formula is C22H29ClN2O4S. The minimum atomic E-state index is -3.50. The zero-order valence-corrected chi connectivity index (χ0v) is 18.9. The van der Waals surface area contributed by atoms with Crippen molar-refractivity contribution in [2.45, 2.75) is 30.8 Å². The molecule has 0 bridgehead atoms. The lowest BCUT2D eigenvalue weighted by Crippen LogP contribution is -2.50. The molecule has 8 heteroatoms. The molecule has 0 saturated carbocycles. The van der Waals surface area contributed by atoms with Gasteiger partial charge in [-0.3, -0.25) is 4.90 Å². The third-order valence-electron chi connectivity index (χ3n) is 5.25. The van der Waals surface area contributed by atoms with Crippen LogP contribution in [0.3, 0.4) is 0 Å². The predicted octanol–water partition coefficient (Wildman–Crippen LogP) is 3.21. The molecule has 0 aliphatic carbocycles. The molecule has 1 heterocycles. The van der Waals surface area contributed by atoms with Gasteiger partial charge in [-0.05, 0) is 35.7 Å². The van der Waals surface area contributed by atoms with E-state index >= 15 is 0 Å². The summed E-state index contributed by atoms with van der Waals surface area (Å²) in [5, 5.41) is 10.8. The lowest BCUT2D eigenvalue weighted by molar-refractivity contribution is 0.0569. The average Bonchev–Trinajstić information content (AvgIpc) is 2.73. The van der Waals surface area contributed by atoms with Crippen molar-refractivity contribution in [1.29, 1.82) is 0 Å². The van der Waals surface area contributed by atoms with E-state index in [0.717, 1.165) is 5.56 Å². The molecule has 0 aromatic heterocycles. The minimum absolute atomic E-state index is 0.129. The van der Waals surface area contributed by atoms with Crippen molar-refractivity contribution in [1.82, 2.24) is 9.21 Å². The maximum atomic E-state index is 12.9. The Labute approximate surface area is 184 Å². The first-order valence-corrected chi connectivity index (χ1v) is 12.0. The summed E-state index contributed by atoms with van der Waals surface area (Å²) in [6.07, 6.45) is -0.687. The Hall–Kier alpha value is -1.64. The summed E-state index contributed by atoms with van der Waals surface area (Å²) in [5.74, 6) is 0.899. The first-order valence-electron chi connectivity index (χ1n) is 10.1. The van der Waals surface area contributed by atoms with Gasteiger partial charge in [0.2, 0.25) is 10.0 Å². The van der Waals surface area contributed by atoms with Gasteiger partial charge in [0.05, 0.1) is 9.92 Å². The van der Waals surface area contributed by atoms with E-state index in [2.05, 4.69) is 18.7 Å². The van der Waals surface area contributed by atoms with Crippen LogP contribution in [0.4, 0.5) is 0 Å². The normalized spacial score (nSPS) is 17.2. The zero-order valence-electron chi connectivity index (χ0n) is 17.4. The van der Waals surface area contributed by atoms with Gasteiger partial charge >= 0.3 is 0 Å². The molecule has 0 radical (unpaired) electrons. The molecule has 6 nitrogen and oxygen atoms in total. The highest BCUT2D eigenvalue weighted by Gasteiger charge is 2.29. The van der Waals surface area contributed by atoms with Crippen LogP contribution in [0.2, 0.25) is 5.02 Å². The van der Waals surface area contributed by atoms with Gasteiger partial charge in [-0.15, -0.1) is 0 Å². The molecule has 3 rings (SSSR count). The predicted molar refractivity (Wildman–Crippen MR) is 119 cm³/mol. The molecule has 1 atom stereocenters. The van der Waals surface area contributed by atoms with Crippen LogP contribution < -0.4 is 4.74 Å². The smallest absolute Gasteiger partial charge is 0.243 e. The monoisotopic (exact) mass is 452 g/mol. The lowest BCUT2D eigenvalue weighted by atomic mass is 10.0. The van der Waals surface area contributed by atoms with Gasteiger partial charge in [0, 0.05) is 32.7 Å². The molecule has 1 aliphatic heterocycles. The standard InChI is InChI=1S/C22H29ClN2O4S/c1-17(2)18-7-9-20(10-8-18)30(27,28)25-13-11-24(12-14-25)15-19(26)16-29-22-6-4-3-5-21(22)23/h3-10,17,19,26H,11-16H2,1-2H3. The quantitative estimate of drug-likeness (QED) is 0.666. The van der Waals surface area contributed by atoms with E-state index in [1.165, 1.54) is 4.31 Å². The number of halogens is 1. The fraction of sp³-hybridized carbons (Fsp3) is 0.455. The van der Waals surface area contributed by atoms with Crippen LogP contribution in [0.5, 0.6) is 5.75 Å². The second-order valence-electron chi connectivity index (χ2n) is 7.82. The van der Waals surface area contributed by atoms with E-state index in [0.29, 0.717) is 54.3 Å². The number of aliphatic hydroxyl groups is 1. The Kier molecular flexibility index (Phi) is 7.76. The zero-order chi connectivity index (χ0) is 21.7. The van der Waals surface area contributed by atoms with E-state index in [-0.39, 0.29) is 6.61 Å². The largest absolute Gasteiger partial charge is 0.489 e. The molecule has 2 aromatic rings. The number of aliphatic hydroxyl groups excluding tert-OH is 1. The molecule has 164 valence electrons. The Balaban J connectivity index is 1.49. The van der Waals surface area contributed by atoms with Crippen molar-refractivity contribution < 1.29 is 18.3 Å². The van der Waals surface area contributed by atoms with Crippen LogP contribution >= 0.6 is 11.6 Å². The number of hydrogen-bond acceptors (Lipinski definition) is 5. The van der Waals surface area contributed by atoms with Crippen LogP contribution in [0.15, 0.2) is 53.4 Å². The van der Waals surface area contributed by atoms with E-state index in [1.54, 1.807) is 24.3 Å². The topological polar surface area (TPSA) is 70.1 Å². The van der Waals surface area contributed by atoms with E-state index in [4.69, 9.17) is 16.3 Å². The number of β-amino-alcohol motifs (C(OH)–C–C–N with tert-alkyl or cyclic N) is 1. The van der Waals surface area contributed by atoms with Gasteiger partial charge in [0.25, 0.3) is 0 Å². The van der Waals surface area contributed by atoms with Crippen molar-refractivity contribution in [3.63, 3.8) is 0 Å². The molecule has 0 spiro atoms. The Morgan fingerprint density at radius 3 is 2.27 bits per heavy atom. The fourth-order valence-corrected chi connectivity index (χ4v) is 5.04. The Morgan fingerprint density at radius 2 is 1.67 bits per heavy atom. The maximum Gasteiger partial charge on any atom is 0.243 e. The molecule has 1 aliphatic rings. The number of piperazine rings is 1. The van der Waals surface area contributed by atoms with Crippen molar-refractivity contribution in [2.24, 2.45) is 0 Å². The van der Waals surface area contributed by atoms with E-state index in [1.807, 2.05) is 24.3 Å². The van der Waals surface area contributed by atoms with Crippen molar-refractivity contribution in [3.05, 3.63) is 59.1 Å². The first-order chi connectivity index (χ1) is 14.3. The van der Waals surface area contributed by atoms with Crippen LogP contribution in [-0.4, -0.2) is 68.2 Å². The van der Waals surface area contributed by atoms with Gasteiger partial charge in [0.1, 0.15) is 18.5 Å². The third kappa shape index (κ3) is 5.74. The first kappa shape index (κ1) is 23.0. The van der Waals surface area contributed by atoms with Crippen molar-refractivity contribution in [3.8, 4) is 5.75 Å². The van der Waals surface area contributed by atoms with E-state index in [9.17, 15) is 13.5 Å². The molecule has 1 N–H and O–H groups in total. The summed E-state index contributed by atoms with van der Waals surface area (Å²) in [6.45, 7) is 6.62. The van der Waals surface area contributed by atoms with Crippen LogP contribution in [0, 0.1) is 0 Å². The van der Waals surface area contributed by atoms with Gasteiger partial charge in [-0.1, -0.05) is 49.7 Å². The maximum absolute atomic E-state index is 12.9. The molecule has 0 amide bonds. The number of rotatable bonds is 8. The van der Waals surface area contributed by atoms with Crippen LogP contribution in [0.25, 0.3) is 0 Å². The number of para-hydroxylation sites is 1. The fourth-order valence-electron chi connectivity index (χ4n) is 3.42. The van der Waals surface area contributed by atoms with Gasteiger partial charge < -0.3 is 9.84 Å². The summed E-state index contributed by atoms with van der Waals surface area (Å²) >= 11 is 6.05. The lowest BCUT2D eigenvalue weighted by Gasteiger charge is -2.34. The molecular weight excluding hydrogens is 424 g/mol. The number of benzene rings is 2. The number of nitrogens with zero attached hydrogens (tertiary/aromatic N) is 2. The Morgan fingerprint density at radius 1 is 1.03 bits per heavy atom. The molecule has 1 unspecified atom stereocenters. The highest BCUT2D eigenvalue weighted by molar-refractivity contribution is 7.89. The summed E-state index contributed by atoms with van der Waals surface area (Å²) in [7, 11) is -3.50. The van der Waals surface area contributed by atoms with Gasteiger partial charge in [-0.2, -0.15) is 4.31 Å². The second kappa shape index (κ2) is 10.1. The number of ether oxygens (including phenoxy) is 1. The highest BCUT2D eigenvalue weighted by Crippen LogP contribution is 2.24. The van der Waals surface area contributed by atoms with Crippen LogP contribution in [0.1, 0.15) is 25.3 Å². The third-order valence-corrected chi connectivity index (χ3v) is 7.48. The summed E-state index contributed by atoms with van der Waals surface area (Å²) in [4.78, 5) is 2.38. The molecule has 30 heavy (non-hydrogen) atoms. The molecule has 1 fully saturated rings. The number of hydrogen-bond donors (Lipinski definition) is 1. The molecule has 2 aromatic carbocycles. The van der Waals surface area contributed by atoms with Gasteiger partial charge in [0.15, 0.2) is 0 Å². The Bertz CT molecular complexity index is 926. The summed E-state index contributed by atoms with van der Waals surface area (Å²) in [6, 6.07) is 14.3. The van der Waals surface area contributed by atoms with E-state index < -0.39 is 16.1 Å². The highest BCUT2D eigenvalue weighted by atomic mass is 35.5. The summed E-state index contributed by atoms with van der Waals surface area (Å²) < 4.78 is 32.9. The molecule has 1 saturated heterocycles. The second-order valence-corrected chi connectivity index (χ2v) is 10.2. The van der Waals surface area contributed by atoms with Gasteiger partial charge in [-0.25, -0.2) is 8.42 Å².